The SMILES string of the molecule is CC1=CC(=O)[C@H](F)[C@H](O)[C@@H]1O. The molecule has 2 N–H and O–H groups in total. The number of carbonyl (C=O) groups excluding carboxylic acids is 1. The Bertz CT molecular complexity index is 212. The van der Waals surface area contributed by atoms with E-state index in [0.717, 1.165) is 6.08 Å². The molecule has 62 valence electrons. The molecule has 0 fully saturated rings. The second kappa shape index (κ2) is 2.71. The minimum atomic E-state index is -1.98. The van der Waals surface area contributed by atoms with Gasteiger partial charge in [-0.3, -0.25) is 4.79 Å². The Hall–Kier alpha value is -0.740. The Kier molecular flexibility index (Phi) is 2.06. The second-order valence-electron chi connectivity index (χ2n) is 2.63. The summed E-state index contributed by atoms with van der Waals surface area (Å²) in [5, 5.41) is 17.9. The molecule has 0 radical (unpaired) electrons. The summed E-state index contributed by atoms with van der Waals surface area (Å²) in [4.78, 5) is 10.6. The zero-order valence-electron chi connectivity index (χ0n) is 5.99. The molecule has 0 bridgehead atoms. The molecular formula is C7H9FO3. The quantitative estimate of drug-likeness (QED) is 0.505. The van der Waals surface area contributed by atoms with E-state index in [2.05, 4.69) is 0 Å². The fourth-order valence-electron chi connectivity index (χ4n) is 0.987. The van der Waals surface area contributed by atoms with Crippen molar-refractivity contribution in [3.05, 3.63) is 11.6 Å². The summed E-state index contributed by atoms with van der Waals surface area (Å²) in [5.74, 6) is -0.777. The first-order valence-electron chi connectivity index (χ1n) is 3.26. The highest BCUT2D eigenvalue weighted by Gasteiger charge is 2.35. The van der Waals surface area contributed by atoms with Crippen molar-refractivity contribution in [2.75, 3.05) is 0 Å². The van der Waals surface area contributed by atoms with E-state index in [9.17, 15) is 9.18 Å². The molecule has 0 aromatic rings. The zero-order valence-corrected chi connectivity index (χ0v) is 5.99. The van der Waals surface area contributed by atoms with Gasteiger partial charge in [0.2, 0.25) is 0 Å². The highest BCUT2D eigenvalue weighted by molar-refractivity contribution is 5.95. The summed E-state index contributed by atoms with van der Waals surface area (Å²) in [5.41, 5.74) is 0.302. The van der Waals surface area contributed by atoms with E-state index in [1.807, 2.05) is 0 Å². The fourth-order valence-corrected chi connectivity index (χ4v) is 0.987. The van der Waals surface area contributed by atoms with Gasteiger partial charge in [-0.05, 0) is 18.6 Å². The van der Waals surface area contributed by atoms with Crippen molar-refractivity contribution < 1.29 is 19.4 Å². The van der Waals surface area contributed by atoms with Crippen molar-refractivity contribution in [1.82, 2.24) is 0 Å². The number of aliphatic hydroxyl groups excluding tert-OH is 2. The zero-order chi connectivity index (χ0) is 8.59. The lowest BCUT2D eigenvalue weighted by atomic mass is 9.93. The minimum Gasteiger partial charge on any atom is -0.387 e. The Labute approximate surface area is 63.1 Å². The molecule has 0 spiro atoms. The van der Waals surface area contributed by atoms with E-state index in [0.29, 0.717) is 5.57 Å². The molecular weight excluding hydrogens is 151 g/mol. The van der Waals surface area contributed by atoms with Crippen LogP contribution in [0.1, 0.15) is 6.92 Å². The smallest absolute Gasteiger partial charge is 0.192 e. The number of alkyl halides is 1. The number of ketones is 1. The van der Waals surface area contributed by atoms with Crippen LogP contribution < -0.4 is 0 Å². The Balaban J connectivity index is 2.92. The average Bonchev–Trinajstić information content (AvgIpc) is 1.97. The van der Waals surface area contributed by atoms with Crippen LogP contribution in [0, 0.1) is 0 Å². The minimum absolute atomic E-state index is 0.302. The lowest BCUT2D eigenvalue weighted by molar-refractivity contribution is -0.127. The van der Waals surface area contributed by atoms with Gasteiger partial charge in [0.1, 0.15) is 12.2 Å². The van der Waals surface area contributed by atoms with Gasteiger partial charge in [0.15, 0.2) is 12.0 Å². The molecule has 3 nitrogen and oxygen atoms in total. The number of hydrogen-bond acceptors (Lipinski definition) is 3. The summed E-state index contributed by atoms with van der Waals surface area (Å²) in [6, 6.07) is 0. The van der Waals surface area contributed by atoms with Gasteiger partial charge in [0.25, 0.3) is 0 Å². The highest BCUT2D eigenvalue weighted by Crippen LogP contribution is 2.18. The molecule has 0 heterocycles. The van der Waals surface area contributed by atoms with Gasteiger partial charge in [-0.25, -0.2) is 4.39 Å². The maximum absolute atomic E-state index is 12.6. The van der Waals surface area contributed by atoms with E-state index in [1.165, 1.54) is 6.92 Å². The number of rotatable bonds is 0. The summed E-state index contributed by atoms with van der Waals surface area (Å²) in [6.07, 6.45) is -3.81. The Morgan fingerprint density at radius 2 is 2.09 bits per heavy atom. The monoisotopic (exact) mass is 160 g/mol. The Morgan fingerprint density at radius 1 is 1.55 bits per heavy atom. The first kappa shape index (κ1) is 8.36. The first-order chi connectivity index (χ1) is 5.04. The lowest BCUT2D eigenvalue weighted by Gasteiger charge is -2.24. The molecule has 11 heavy (non-hydrogen) atoms. The van der Waals surface area contributed by atoms with Crippen LogP contribution in [0.15, 0.2) is 11.6 Å². The third-order valence-corrected chi connectivity index (χ3v) is 1.73. The topological polar surface area (TPSA) is 57.5 Å². The third kappa shape index (κ3) is 1.32. The normalized spacial score (nSPS) is 38.7. The fraction of sp³-hybridized carbons (Fsp3) is 0.571. The van der Waals surface area contributed by atoms with Gasteiger partial charge >= 0.3 is 0 Å². The molecule has 1 aliphatic rings. The average molecular weight is 160 g/mol. The number of allylic oxidation sites excluding steroid dienone is 1. The van der Waals surface area contributed by atoms with Crippen LogP contribution in [0.4, 0.5) is 4.39 Å². The van der Waals surface area contributed by atoms with Gasteiger partial charge < -0.3 is 10.2 Å². The lowest BCUT2D eigenvalue weighted by Crippen LogP contribution is -2.43. The van der Waals surface area contributed by atoms with Crippen molar-refractivity contribution in [1.29, 1.82) is 0 Å². The van der Waals surface area contributed by atoms with Crippen molar-refractivity contribution in [3.63, 3.8) is 0 Å². The van der Waals surface area contributed by atoms with Crippen molar-refractivity contribution >= 4 is 5.78 Å². The number of carbonyl (C=O) groups is 1. The third-order valence-electron chi connectivity index (χ3n) is 1.73. The summed E-state index contributed by atoms with van der Waals surface area (Å²) in [7, 11) is 0. The summed E-state index contributed by atoms with van der Waals surface area (Å²) < 4.78 is 12.6. The summed E-state index contributed by atoms with van der Waals surface area (Å²) in [6.45, 7) is 1.47. The predicted molar refractivity (Wildman–Crippen MR) is 35.7 cm³/mol. The van der Waals surface area contributed by atoms with Gasteiger partial charge in [0.05, 0.1) is 0 Å². The molecule has 0 aromatic carbocycles. The molecule has 1 aliphatic carbocycles. The van der Waals surface area contributed by atoms with Crippen LogP contribution in [0.5, 0.6) is 0 Å². The maximum atomic E-state index is 12.6. The molecule has 3 atom stereocenters. The predicted octanol–water partition coefficient (Wildman–Crippen LogP) is -0.425. The van der Waals surface area contributed by atoms with Gasteiger partial charge in [-0.2, -0.15) is 0 Å². The van der Waals surface area contributed by atoms with Crippen LogP contribution in [0.2, 0.25) is 0 Å². The van der Waals surface area contributed by atoms with Crippen LogP contribution in [-0.4, -0.2) is 34.4 Å². The van der Waals surface area contributed by atoms with Crippen molar-refractivity contribution in [3.8, 4) is 0 Å². The highest BCUT2D eigenvalue weighted by atomic mass is 19.1. The van der Waals surface area contributed by atoms with E-state index in [4.69, 9.17) is 10.2 Å². The van der Waals surface area contributed by atoms with E-state index in [-0.39, 0.29) is 0 Å². The number of halogens is 1. The van der Waals surface area contributed by atoms with Gasteiger partial charge in [-0.15, -0.1) is 0 Å². The van der Waals surface area contributed by atoms with Crippen molar-refractivity contribution in [2.24, 2.45) is 0 Å². The van der Waals surface area contributed by atoms with E-state index >= 15 is 0 Å². The first-order valence-corrected chi connectivity index (χ1v) is 3.26. The largest absolute Gasteiger partial charge is 0.387 e. The molecule has 0 aliphatic heterocycles. The van der Waals surface area contributed by atoms with E-state index < -0.39 is 24.2 Å². The molecule has 0 amide bonds. The second-order valence-corrected chi connectivity index (χ2v) is 2.63. The van der Waals surface area contributed by atoms with Crippen LogP contribution in [0.25, 0.3) is 0 Å². The van der Waals surface area contributed by atoms with Crippen molar-refractivity contribution in [2.45, 2.75) is 25.3 Å². The van der Waals surface area contributed by atoms with Crippen LogP contribution in [0.3, 0.4) is 0 Å². The van der Waals surface area contributed by atoms with Crippen LogP contribution in [-0.2, 0) is 4.79 Å². The molecule has 4 heteroatoms. The molecule has 0 saturated carbocycles. The maximum Gasteiger partial charge on any atom is 0.192 e. The molecule has 1 rings (SSSR count). The van der Waals surface area contributed by atoms with Gasteiger partial charge in [0, 0.05) is 0 Å². The van der Waals surface area contributed by atoms with Gasteiger partial charge in [-0.1, -0.05) is 0 Å². The van der Waals surface area contributed by atoms with E-state index in [1.54, 1.807) is 0 Å². The number of aliphatic hydroxyl groups is 2. The molecule has 0 unspecified atom stereocenters. The van der Waals surface area contributed by atoms with Crippen LogP contribution >= 0.6 is 0 Å². The standard InChI is InChI=1S/C7H9FO3/c1-3-2-4(9)5(8)7(11)6(3)10/h2,5-7,10-11H,1H3/t5-,6+,7-/m0/s1. The molecule has 0 aromatic heterocycles. The summed E-state index contributed by atoms with van der Waals surface area (Å²) >= 11 is 0. The Morgan fingerprint density at radius 3 is 2.64 bits per heavy atom. The molecule has 0 saturated heterocycles. The number of hydrogen-bond donors (Lipinski definition) is 2.